The second-order valence-electron chi connectivity index (χ2n) is 5.75. The van der Waals surface area contributed by atoms with Crippen molar-refractivity contribution >= 4 is 0 Å². The fourth-order valence-corrected chi connectivity index (χ4v) is 2.55. The fourth-order valence-electron chi connectivity index (χ4n) is 2.55. The first-order chi connectivity index (χ1) is 10.6. The van der Waals surface area contributed by atoms with Gasteiger partial charge in [-0.05, 0) is 43.2 Å². The molecular formula is C18H24FNO2. The molecule has 0 unspecified atom stereocenters. The Hall–Kier alpha value is -1.65. The predicted octanol–water partition coefficient (Wildman–Crippen LogP) is 3.89. The van der Waals surface area contributed by atoms with Crippen LogP contribution in [0.5, 0.6) is 0 Å². The van der Waals surface area contributed by atoms with Gasteiger partial charge in [0.25, 0.3) is 0 Å². The first-order valence-corrected chi connectivity index (χ1v) is 7.77. The number of furan rings is 1. The highest BCUT2D eigenvalue weighted by Crippen LogP contribution is 2.14. The molecule has 2 aromatic rings. The van der Waals surface area contributed by atoms with Crippen LogP contribution < -0.4 is 0 Å². The summed E-state index contributed by atoms with van der Waals surface area (Å²) in [4.78, 5) is 2.13. The van der Waals surface area contributed by atoms with Crippen molar-refractivity contribution in [2.24, 2.45) is 0 Å². The van der Waals surface area contributed by atoms with Gasteiger partial charge in [-0.25, -0.2) is 4.39 Å². The number of benzene rings is 1. The molecule has 0 aliphatic carbocycles. The number of aliphatic hydroxyl groups excluding tert-OH is 1. The van der Waals surface area contributed by atoms with E-state index in [1.54, 1.807) is 12.1 Å². The first kappa shape index (κ1) is 16.7. The average Bonchev–Trinajstić information content (AvgIpc) is 2.87. The third kappa shape index (κ3) is 5.28. The molecule has 1 atom stereocenters. The minimum absolute atomic E-state index is 0.233. The van der Waals surface area contributed by atoms with Crippen molar-refractivity contribution in [3.05, 3.63) is 59.3 Å². The lowest BCUT2D eigenvalue weighted by atomic mass is 10.1. The molecular weight excluding hydrogens is 281 g/mol. The number of hydrogen-bond acceptors (Lipinski definition) is 3. The third-order valence-electron chi connectivity index (χ3n) is 3.59. The molecule has 2 rings (SSSR count). The molecule has 0 saturated carbocycles. The summed E-state index contributed by atoms with van der Waals surface area (Å²) in [5.74, 6) is 1.53. The van der Waals surface area contributed by atoms with E-state index in [1.165, 1.54) is 12.1 Å². The fraction of sp³-hybridized carbons (Fsp3) is 0.444. The van der Waals surface area contributed by atoms with Gasteiger partial charge in [-0.15, -0.1) is 0 Å². The molecule has 0 aliphatic rings. The molecule has 0 spiro atoms. The zero-order valence-corrected chi connectivity index (χ0v) is 13.3. The Bertz CT molecular complexity index is 565. The molecule has 3 nitrogen and oxygen atoms in total. The Morgan fingerprint density at radius 2 is 1.86 bits per heavy atom. The van der Waals surface area contributed by atoms with E-state index in [9.17, 15) is 9.50 Å². The highest BCUT2D eigenvalue weighted by Gasteiger charge is 2.14. The summed E-state index contributed by atoms with van der Waals surface area (Å²) >= 11 is 0. The highest BCUT2D eigenvalue weighted by molar-refractivity contribution is 5.16. The molecule has 0 saturated heterocycles. The summed E-state index contributed by atoms with van der Waals surface area (Å²) in [6, 6.07) is 10.4. The normalized spacial score (nSPS) is 12.8. The van der Waals surface area contributed by atoms with Gasteiger partial charge in [-0.1, -0.05) is 25.5 Å². The second-order valence-corrected chi connectivity index (χ2v) is 5.75. The van der Waals surface area contributed by atoms with Gasteiger partial charge >= 0.3 is 0 Å². The zero-order valence-electron chi connectivity index (χ0n) is 13.3. The lowest BCUT2D eigenvalue weighted by Gasteiger charge is -2.24. The van der Waals surface area contributed by atoms with E-state index >= 15 is 0 Å². The van der Waals surface area contributed by atoms with E-state index in [0.29, 0.717) is 19.6 Å². The van der Waals surface area contributed by atoms with Gasteiger partial charge < -0.3 is 9.52 Å². The van der Waals surface area contributed by atoms with Gasteiger partial charge in [0.15, 0.2) is 0 Å². The molecule has 120 valence electrons. The van der Waals surface area contributed by atoms with Crippen LogP contribution >= 0.6 is 0 Å². The van der Waals surface area contributed by atoms with Crippen LogP contribution in [-0.4, -0.2) is 22.7 Å². The largest absolute Gasteiger partial charge is 0.465 e. The Morgan fingerprint density at radius 3 is 2.45 bits per heavy atom. The number of halogens is 1. The van der Waals surface area contributed by atoms with Crippen LogP contribution in [0.3, 0.4) is 0 Å². The van der Waals surface area contributed by atoms with E-state index < -0.39 is 0 Å². The molecule has 1 aromatic carbocycles. The Morgan fingerprint density at radius 1 is 1.14 bits per heavy atom. The summed E-state index contributed by atoms with van der Waals surface area (Å²) in [6.07, 6.45) is 1.37. The van der Waals surface area contributed by atoms with Crippen LogP contribution in [0.1, 0.15) is 36.8 Å². The summed E-state index contributed by atoms with van der Waals surface area (Å²) in [5, 5.41) is 10.1. The Kier molecular flexibility index (Phi) is 6.16. The summed E-state index contributed by atoms with van der Waals surface area (Å²) < 4.78 is 18.6. The quantitative estimate of drug-likeness (QED) is 0.804. The van der Waals surface area contributed by atoms with Crippen molar-refractivity contribution in [3.63, 3.8) is 0 Å². The van der Waals surface area contributed by atoms with Crippen LogP contribution in [-0.2, 0) is 13.1 Å². The van der Waals surface area contributed by atoms with Crippen LogP contribution in [0.2, 0.25) is 0 Å². The highest BCUT2D eigenvalue weighted by atomic mass is 19.1. The number of nitrogens with zero attached hydrogens (tertiary/aromatic N) is 1. The molecule has 1 heterocycles. The maximum atomic E-state index is 13.0. The van der Waals surface area contributed by atoms with E-state index in [0.717, 1.165) is 29.9 Å². The summed E-state index contributed by atoms with van der Waals surface area (Å²) in [7, 11) is 0. The lowest BCUT2D eigenvalue weighted by Crippen LogP contribution is -2.31. The molecule has 1 N–H and O–H groups in total. The number of rotatable bonds is 8. The van der Waals surface area contributed by atoms with Gasteiger partial charge in [-0.3, -0.25) is 4.90 Å². The SMILES string of the molecule is CCC[C@@H](O)CN(Cc1ccc(F)cc1)Cc1ccc(C)o1. The van der Waals surface area contributed by atoms with Crippen molar-refractivity contribution in [2.75, 3.05) is 6.54 Å². The van der Waals surface area contributed by atoms with Crippen LogP contribution in [0.4, 0.5) is 4.39 Å². The van der Waals surface area contributed by atoms with Gasteiger partial charge in [0.05, 0.1) is 12.6 Å². The van der Waals surface area contributed by atoms with Crippen LogP contribution in [0, 0.1) is 12.7 Å². The Balaban J connectivity index is 2.04. The Labute approximate surface area is 131 Å². The van der Waals surface area contributed by atoms with Gasteiger partial charge in [0.1, 0.15) is 17.3 Å². The van der Waals surface area contributed by atoms with Crippen LogP contribution in [0.25, 0.3) is 0 Å². The van der Waals surface area contributed by atoms with Crippen molar-refractivity contribution in [1.82, 2.24) is 4.90 Å². The number of aliphatic hydroxyl groups is 1. The van der Waals surface area contributed by atoms with Crippen molar-refractivity contribution in [1.29, 1.82) is 0 Å². The molecule has 0 aliphatic heterocycles. The number of aryl methyl sites for hydroxylation is 1. The van der Waals surface area contributed by atoms with Gasteiger partial charge in [-0.2, -0.15) is 0 Å². The van der Waals surface area contributed by atoms with Crippen LogP contribution in [0.15, 0.2) is 40.8 Å². The maximum absolute atomic E-state index is 13.0. The monoisotopic (exact) mass is 305 g/mol. The van der Waals surface area contributed by atoms with Gasteiger partial charge in [0, 0.05) is 13.1 Å². The molecule has 4 heteroatoms. The van der Waals surface area contributed by atoms with E-state index in [4.69, 9.17) is 4.42 Å². The summed E-state index contributed by atoms with van der Waals surface area (Å²) in [5.41, 5.74) is 1.02. The second kappa shape index (κ2) is 8.11. The van der Waals surface area contributed by atoms with Crippen molar-refractivity contribution < 1.29 is 13.9 Å². The average molecular weight is 305 g/mol. The molecule has 0 amide bonds. The molecule has 0 radical (unpaired) electrons. The zero-order chi connectivity index (χ0) is 15.9. The molecule has 0 bridgehead atoms. The minimum Gasteiger partial charge on any atom is -0.465 e. The van der Waals surface area contributed by atoms with E-state index in [-0.39, 0.29) is 11.9 Å². The minimum atomic E-state index is -0.360. The van der Waals surface area contributed by atoms with Crippen molar-refractivity contribution in [3.8, 4) is 0 Å². The number of hydrogen-bond donors (Lipinski definition) is 1. The lowest BCUT2D eigenvalue weighted by molar-refractivity contribution is 0.0930. The topological polar surface area (TPSA) is 36.6 Å². The maximum Gasteiger partial charge on any atom is 0.123 e. The first-order valence-electron chi connectivity index (χ1n) is 7.77. The molecule has 0 fully saturated rings. The molecule has 22 heavy (non-hydrogen) atoms. The van der Waals surface area contributed by atoms with Gasteiger partial charge in [0.2, 0.25) is 0 Å². The summed E-state index contributed by atoms with van der Waals surface area (Å²) in [6.45, 7) is 5.83. The van der Waals surface area contributed by atoms with E-state index in [2.05, 4.69) is 11.8 Å². The van der Waals surface area contributed by atoms with E-state index in [1.807, 2.05) is 19.1 Å². The third-order valence-corrected chi connectivity index (χ3v) is 3.59. The predicted molar refractivity (Wildman–Crippen MR) is 84.9 cm³/mol. The smallest absolute Gasteiger partial charge is 0.123 e. The van der Waals surface area contributed by atoms with Crippen molar-refractivity contribution in [2.45, 2.75) is 45.9 Å². The standard InChI is InChI=1S/C18H24FNO2/c1-3-4-17(21)12-20(13-18-10-5-14(2)22-18)11-15-6-8-16(19)9-7-15/h5-10,17,21H,3-4,11-13H2,1-2H3/t17-/m1/s1. The molecule has 1 aromatic heterocycles.